The zero-order valence-electron chi connectivity index (χ0n) is 9.96. The molecule has 2 aromatic rings. The smallest absolute Gasteiger partial charge is 0.264 e. The van der Waals surface area contributed by atoms with Crippen LogP contribution in [0.3, 0.4) is 0 Å². The SMILES string of the molecule is Cc1cc(F)ccc1NS(=O)(=O)c1cnc(N)nc1. The number of sulfonamides is 1. The molecule has 2 rings (SSSR count). The molecule has 1 aromatic carbocycles. The number of hydrogen-bond donors (Lipinski definition) is 2. The lowest BCUT2D eigenvalue weighted by Gasteiger charge is -2.10. The summed E-state index contributed by atoms with van der Waals surface area (Å²) < 4.78 is 39.3. The van der Waals surface area contributed by atoms with Crippen LogP contribution in [0.2, 0.25) is 0 Å². The number of aromatic nitrogens is 2. The van der Waals surface area contributed by atoms with Crippen molar-refractivity contribution in [3.8, 4) is 0 Å². The van der Waals surface area contributed by atoms with Crippen LogP contribution >= 0.6 is 0 Å². The number of nitrogens with zero attached hydrogens (tertiary/aromatic N) is 2. The highest BCUT2D eigenvalue weighted by atomic mass is 32.2. The van der Waals surface area contributed by atoms with Gasteiger partial charge in [-0.2, -0.15) is 0 Å². The molecule has 0 aliphatic heterocycles. The monoisotopic (exact) mass is 282 g/mol. The summed E-state index contributed by atoms with van der Waals surface area (Å²) in [6.45, 7) is 1.60. The number of rotatable bonds is 3. The predicted molar refractivity (Wildman–Crippen MR) is 68.4 cm³/mol. The van der Waals surface area contributed by atoms with E-state index >= 15 is 0 Å². The van der Waals surface area contributed by atoms with Crippen LogP contribution in [0.15, 0.2) is 35.5 Å². The third-order valence-electron chi connectivity index (χ3n) is 2.39. The number of anilines is 2. The Kier molecular flexibility index (Phi) is 3.34. The van der Waals surface area contributed by atoms with Gasteiger partial charge in [-0.05, 0) is 30.7 Å². The molecule has 0 saturated carbocycles. The average molecular weight is 282 g/mol. The number of nitrogens with two attached hydrogens (primary N) is 1. The Balaban J connectivity index is 2.33. The molecule has 0 aliphatic carbocycles. The lowest BCUT2D eigenvalue weighted by molar-refractivity contribution is 0.600. The van der Waals surface area contributed by atoms with E-state index in [4.69, 9.17) is 5.73 Å². The Hall–Kier alpha value is -2.22. The fourth-order valence-corrected chi connectivity index (χ4v) is 2.43. The first-order chi connectivity index (χ1) is 8.88. The van der Waals surface area contributed by atoms with Crippen molar-refractivity contribution in [1.29, 1.82) is 0 Å². The van der Waals surface area contributed by atoms with Gasteiger partial charge in [0.2, 0.25) is 5.95 Å². The third-order valence-corrected chi connectivity index (χ3v) is 3.71. The Bertz CT molecular complexity index is 701. The van der Waals surface area contributed by atoms with E-state index in [0.717, 1.165) is 12.4 Å². The maximum Gasteiger partial charge on any atom is 0.264 e. The second-order valence-electron chi connectivity index (χ2n) is 3.84. The molecular formula is C11H11FN4O2S. The Morgan fingerprint density at radius 3 is 2.47 bits per heavy atom. The van der Waals surface area contributed by atoms with E-state index in [-0.39, 0.29) is 10.8 Å². The van der Waals surface area contributed by atoms with Crippen molar-refractivity contribution in [2.45, 2.75) is 11.8 Å². The Morgan fingerprint density at radius 1 is 1.26 bits per heavy atom. The second-order valence-corrected chi connectivity index (χ2v) is 5.52. The zero-order valence-corrected chi connectivity index (χ0v) is 10.8. The minimum Gasteiger partial charge on any atom is -0.368 e. The number of aryl methyl sites for hydroxylation is 1. The third kappa shape index (κ3) is 2.97. The zero-order chi connectivity index (χ0) is 14.0. The second kappa shape index (κ2) is 4.81. The molecule has 100 valence electrons. The summed E-state index contributed by atoms with van der Waals surface area (Å²) in [6.07, 6.45) is 2.20. The highest BCUT2D eigenvalue weighted by Gasteiger charge is 2.16. The number of nitrogens with one attached hydrogen (secondary N) is 1. The summed E-state index contributed by atoms with van der Waals surface area (Å²) in [4.78, 5) is 7.10. The summed E-state index contributed by atoms with van der Waals surface area (Å²) in [6, 6.07) is 3.75. The molecule has 0 spiro atoms. The maximum absolute atomic E-state index is 12.9. The van der Waals surface area contributed by atoms with Crippen LogP contribution in [0.5, 0.6) is 0 Å². The summed E-state index contributed by atoms with van der Waals surface area (Å²) in [5, 5.41) is 0. The molecule has 0 aliphatic rings. The van der Waals surface area contributed by atoms with Crippen LogP contribution in [0.25, 0.3) is 0 Å². The number of nitrogen functional groups attached to an aromatic ring is 1. The molecule has 0 saturated heterocycles. The highest BCUT2D eigenvalue weighted by molar-refractivity contribution is 7.92. The van der Waals surface area contributed by atoms with Crippen molar-refractivity contribution < 1.29 is 12.8 Å². The number of halogens is 1. The van der Waals surface area contributed by atoms with Gasteiger partial charge in [0.25, 0.3) is 10.0 Å². The van der Waals surface area contributed by atoms with Gasteiger partial charge in [-0.15, -0.1) is 0 Å². The molecule has 8 heteroatoms. The standard InChI is InChI=1S/C11H11FN4O2S/c1-7-4-8(12)2-3-10(7)16-19(17,18)9-5-14-11(13)15-6-9/h2-6,16H,1H3,(H2,13,14,15). The molecule has 0 radical (unpaired) electrons. The van der Waals surface area contributed by atoms with Gasteiger partial charge < -0.3 is 5.73 Å². The van der Waals surface area contributed by atoms with Gasteiger partial charge in [0.15, 0.2) is 0 Å². The molecule has 19 heavy (non-hydrogen) atoms. The Labute approximate surface area is 109 Å². The minimum absolute atomic E-state index is 0.0167. The van der Waals surface area contributed by atoms with E-state index in [1.807, 2.05) is 0 Å². The highest BCUT2D eigenvalue weighted by Crippen LogP contribution is 2.19. The summed E-state index contributed by atoms with van der Waals surface area (Å²) in [7, 11) is -3.82. The van der Waals surface area contributed by atoms with Crippen LogP contribution in [0, 0.1) is 12.7 Å². The van der Waals surface area contributed by atoms with E-state index in [1.54, 1.807) is 6.92 Å². The van der Waals surface area contributed by atoms with Gasteiger partial charge in [0, 0.05) is 0 Å². The normalized spacial score (nSPS) is 11.3. The first-order valence-electron chi connectivity index (χ1n) is 5.25. The van der Waals surface area contributed by atoms with Gasteiger partial charge in [-0.1, -0.05) is 0 Å². The van der Waals surface area contributed by atoms with Crippen molar-refractivity contribution in [1.82, 2.24) is 9.97 Å². The van der Waals surface area contributed by atoms with Crippen LogP contribution in [-0.2, 0) is 10.0 Å². The molecule has 0 atom stereocenters. The lowest BCUT2D eigenvalue weighted by atomic mass is 10.2. The van der Waals surface area contributed by atoms with Crippen LogP contribution < -0.4 is 10.5 Å². The van der Waals surface area contributed by atoms with Crippen LogP contribution in [0.1, 0.15) is 5.56 Å². The van der Waals surface area contributed by atoms with E-state index < -0.39 is 15.8 Å². The van der Waals surface area contributed by atoms with Gasteiger partial charge in [-0.3, -0.25) is 4.72 Å². The summed E-state index contributed by atoms with van der Waals surface area (Å²) >= 11 is 0. The average Bonchev–Trinajstić information content (AvgIpc) is 2.33. The van der Waals surface area contributed by atoms with Crippen molar-refractivity contribution in [2.24, 2.45) is 0 Å². The van der Waals surface area contributed by atoms with Gasteiger partial charge >= 0.3 is 0 Å². The van der Waals surface area contributed by atoms with E-state index in [2.05, 4.69) is 14.7 Å². The van der Waals surface area contributed by atoms with Crippen molar-refractivity contribution in [3.63, 3.8) is 0 Å². The molecule has 6 nitrogen and oxygen atoms in total. The summed E-state index contributed by atoms with van der Waals surface area (Å²) in [5.41, 5.74) is 6.05. The predicted octanol–water partition coefficient (Wildman–Crippen LogP) is 1.31. The van der Waals surface area contributed by atoms with Crippen molar-refractivity contribution >= 4 is 21.7 Å². The molecule has 1 heterocycles. The first-order valence-corrected chi connectivity index (χ1v) is 6.73. The van der Waals surface area contributed by atoms with Gasteiger partial charge in [0.1, 0.15) is 10.7 Å². The fourth-order valence-electron chi connectivity index (χ4n) is 1.41. The quantitative estimate of drug-likeness (QED) is 0.884. The lowest BCUT2D eigenvalue weighted by Crippen LogP contribution is -2.14. The molecule has 0 fully saturated rings. The molecule has 3 N–H and O–H groups in total. The fraction of sp³-hybridized carbons (Fsp3) is 0.0909. The Morgan fingerprint density at radius 2 is 1.89 bits per heavy atom. The van der Waals surface area contributed by atoms with Gasteiger partial charge in [0.05, 0.1) is 18.1 Å². The topological polar surface area (TPSA) is 98.0 Å². The van der Waals surface area contributed by atoms with Crippen molar-refractivity contribution in [3.05, 3.63) is 42.0 Å². The number of hydrogen-bond acceptors (Lipinski definition) is 5. The van der Waals surface area contributed by atoms with Gasteiger partial charge in [-0.25, -0.2) is 22.8 Å². The first kappa shape index (κ1) is 13.2. The maximum atomic E-state index is 12.9. The molecule has 0 unspecified atom stereocenters. The van der Waals surface area contributed by atoms with Crippen LogP contribution in [-0.4, -0.2) is 18.4 Å². The molecule has 0 bridgehead atoms. The van der Waals surface area contributed by atoms with Crippen LogP contribution in [0.4, 0.5) is 16.0 Å². The minimum atomic E-state index is -3.82. The van der Waals surface area contributed by atoms with E-state index in [0.29, 0.717) is 11.3 Å². The molecule has 1 aromatic heterocycles. The molecule has 0 amide bonds. The molecular weight excluding hydrogens is 271 g/mol. The summed E-state index contributed by atoms with van der Waals surface area (Å²) in [5.74, 6) is -0.451. The van der Waals surface area contributed by atoms with E-state index in [1.165, 1.54) is 18.2 Å². The largest absolute Gasteiger partial charge is 0.368 e. The number of benzene rings is 1. The van der Waals surface area contributed by atoms with Crippen molar-refractivity contribution in [2.75, 3.05) is 10.5 Å². The van der Waals surface area contributed by atoms with E-state index in [9.17, 15) is 12.8 Å².